The van der Waals surface area contributed by atoms with Crippen LogP contribution in [0.5, 0.6) is 0 Å². The van der Waals surface area contributed by atoms with Gasteiger partial charge in [-0.15, -0.1) is 5.92 Å². The molecule has 32 heavy (non-hydrogen) atoms. The molecular weight excluding hydrogens is 404 g/mol. The quantitative estimate of drug-likeness (QED) is 0.479. The lowest BCUT2D eigenvalue weighted by Gasteiger charge is -2.31. The number of rotatable bonds is 4. The second-order valence-corrected chi connectivity index (χ2v) is 8.23. The maximum Gasteiger partial charge on any atom is 0.293 e. The Kier molecular flexibility index (Phi) is 5.15. The number of imidazole rings is 1. The smallest absolute Gasteiger partial charge is 0.293 e. The zero-order valence-corrected chi connectivity index (χ0v) is 18.2. The Bertz CT molecular complexity index is 1400. The molecule has 9 nitrogen and oxygen atoms in total. The number of nitrogens with one attached hydrogen (secondary N) is 1. The van der Waals surface area contributed by atoms with Crippen LogP contribution in [0.4, 0.5) is 5.95 Å². The van der Waals surface area contributed by atoms with E-state index < -0.39 is 0 Å². The van der Waals surface area contributed by atoms with Crippen molar-refractivity contribution in [3.8, 4) is 11.8 Å². The SMILES string of the molecule is CC#CCn1c(N2CCC[C@@H](N)C2)nc2cnn(C(C)c3n[nH]c4ccccc34)c(=O)c21. The van der Waals surface area contributed by atoms with Crippen molar-refractivity contribution >= 4 is 27.9 Å². The summed E-state index contributed by atoms with van der Waals surface area (Å²) < 4.78 is 3.38. The van der Waals surface area contributed by atoms with E-state index in [9.17, 15) is 4.79 Å². The Morgan fingerprint density at radius 3 is 3.00 bits per heavy atom. The Morgan fingerprint density at radius 1 is 1.34 bits per heavy atom. The highest BCUT2D eigenvalue weighted by atomic mass is 16.1. The second-order valence-electron chi connectivity index (χ2n) is 8.23. The fraction of sp³-hybridized carbons (Fsp3) is 0.391. The van der Waals surface area contributed by atoms with Crippen LogP contribution in [0.2, 0.25) is 0 Å². The fourth-order valence-electron chi connectivity index (χ4n) is 4.49. The van der Waals surface area contributed by atoms with Gasteiger partial charge < -0.3 is 10.6 Å². The normalized spacial score (nSPS) is 17.5. The average Bonchev–Trinajstić information content (AvgIpc) is 3.39. The molecule has 1 fully saturated rings. The minimum absolute atomic E-state index is 0.0945. The first-order valence-corrected chi connectivity index (χ1v) is 10.9. The number of benzene rings is 1. The molecule has 9 heteroatoms. The van der Waals surface area contributed by atoms with Crippen LogP contribution < -0.4 is 16.2 Å². The monoisotopic (exact) mass is 430 g/mol. The van der Waals surface area contributed by atoms with Gasteiger partial charge in [0.15, 0.2) is 0 Å². The first-order valence-electron chi connectivity index (χ1n) is 10.9. The molecular formula is C23H26N8O. The van der Waals surface area contributed by atoms with E-state index in [1.165, 1.54) is 4.68 Å². The molecule has 1 aliphatic rings. The molecule has 1 saturated heterocycles. The van der Waals surface area contributed by atoms with Crippen molar-refractivity contribution in [3.05, 3.63) is 46.5 Å². The van der Waals surface area contributed by atoms with E-state index in [1.807, 2.05) is 35.8 Å². The summed E-state index contributed by atoms with van der Waals surface area (Å²) in [6.07, 6.45) is 3.65. The van der Waals surface area contributed by atoms with Crippen molar-refractivity contribution in [2.45, 2.75) is 45.3 Å². The lowest BCUT2D eigenvalue weighted by Crippen LogP contribution is -2.44. The summed E-state index contributed by atoms with van der Waals surface area (Å²) in [6.45, 7) is 5.67. The summed E-state index contributed by atoms with van der Waals surface area (Å²) in [6, 6.07) is 7.61. The number of H-pyrrole nitrogens is 1. The highest BCUT2D eigenvalue weighted by molar-refractivity contribution is 5.82. The molecule has 4 aromatic rings. The van der Waals surface area contributed by atoms with Crippen molar-refractivity contribution in [2.24, 2.45) is 5.73 Å². The van der Waals surface area contributed by atoms with Gasteiger partial charge in [-0.3, -0.25) is 14.5 Å². The van der Waals surface area contributed by atoms with Crippen molar-refractivity contribution in [2.75, 3.05) is 18.0 Å². The minimum atomic E-state index is -0.351. The summed E-state index contributed by atoms with van der Waals surface area (Å²) in [7, 11) is 0. The van der Waals surface area contributed by atoms with Gasteiger partial charge in [0.25, 0.3) is 5.56 Å². The zero-order chi connectivity index (χ0) is 22.2. The summed E-state index contributed by atoms with van der Waals surface area (Å²) in [4.78, 5) is 20.6. The third-order valence-electron chi connectivity index (χ3n) is 6.11. The van der Waals surface area contributed by atoms with Crippen LogP contribution in [-0.2, 0) is 6.54 Å². The van der Waals surface area contributed by atoms with Gasteiger partial charge in [0.1, 0.15) is 11.0 Å². The van der Waals surface area contributed by atoms with E-state index in [4.69, 9.17) is 10.7 Å². The highest BCUT2D eigenvalue weighted by Crippen LogP contribution is 2.26. The number of para-hydroxylation sites is 1. The van der Waals surface area contributed by atoms with Crippen molar-refractivity contribution < 1.29 is 0 Å². The molecule has 1 aromatic carbocycles. The van der Waals surface area contributed by atoms with Crippen LogP contribution in [0.15, 0.2) is 35.3 Å². The van der Waals surface area contributed by atoms with E-state index in [0.717, 1.165) is 41.9 Å². The maximum atomic E-state index is 13.7. The number of fused-ring (bicyclic) bond motifs is 2. The largest absolute Gasteiger partial charge is 0.341 e. The molecule has 5 rings (SSSR count). The highest BCUT2D eigenvalue weighted by Gasteiger charge is 2.25. The number of nitrogens with zero attached hydrogens (tertiary/aromatic N) is 6. The van der Waals surface area contributed by atoms with Gasteiger partial charge in [0, 0.05) is 24.5 Å². The summed E-state index contributed by atoms with van der Waals surface area (Å²) in [5.41, 5.74) is 8.77. The molecule has 1 aliphatic heterocycles. The summed E-state index contributed by atoms with van der Waals surface area (Å²) in [5, 5.41) is 12.9. The molecule has 0 bridgehead atoms. The summed E-state index contributed by atoms with van der Waals surface area (Å²) in [5.74, 6) is 6.75. The van der Waals surface area contributed by atoms with Gasteiger partial charge in [-0.1, -0.05) is 24.1 Å². The Hall–Kier alpha value is -3.64. The van der Waals surface area contributed by atoms with Crippen LogP contribution in [0.25, 0.3) is 21.9 Å². The lowest BCUT2D eigenvalue weighted by atomic mass is 10.1. The third-order valence-corrected chi connectivity index (χ3v) is 6.11. The summed E-state index contributed by atoms with van der Waals surface area (Å²) >= 11 is 0. The Labute approximate surface area is 185 Å². The van der Waals surface area contributed by atoms with Crippen molar-refractivity contribution in [1.82, 2.24) is 29.5 Å². The topological polar surface area (TPSA) is 111 Å². The standard InChI is InChI=1S/C23H26N8O/c1-3-4-12-30-21-19(26-23(30)29-11-7-8-16(24)14-29)13-25-31(22(21)32)15(2)20-17-9-5-6-10-18(17)27-28-20/h5-6,9-10,13,15-16H,7-8,11-12,14,24H2,1-2H3,(H,27,28)/t15?,16-/m1/s1. The zero-order valence-electron chi connectivity index (χ0n) is 18.2. The van der Waals surface area contributed by atoms with Crippen LogP contribution in [0.3, 0.4) is 0 Å². The van der Waals surface area contributed by atoms with E-state index >= 15 is 0 Å². The number of hydrogen-bond donors (Lipinski definition) is 2. The number of nitrogens with two attached hydrogens (primary N) is 1. The van der Waals surface area contributed by atoms with Gasteiger partial charge in [0.2, 0.25) is 5.95 Å². The van der Waals surface area contributed by atoms with Crippen molar-refractivity contribution in [1.29, 1.82) is 0 Å². The molecule has 0 saturated carbocycles. The molecule has 4 heterocycles. The molecule has 3 aromatic heterocycles. The predicted molar refractivity (Wildman–Crippen MR) is 125 cm³/mol. The molecule has 2 atom stereocenters. The average molecular weight is 431 g/mol. The van der Waals surface area contributed by atoms with E-state index in [0.29, 0.717) is 24.1 Å². The molecule has 1 unspecified atom stereocenters. The van der Waals surface area contributed by atoms with Crippen LogP contribution >= 0.6 is 0 Å². The van der Waals surface area contributed by atoms with Crippen LogP contribution in [0.1, 0.15) is 38.4 Å². The Morgan fingerprint density at radius 2 is 2.19 bits per heavy atom. The third kappa shape index (κ3) is 3.33. The number of anilines is 1. The second kappa shape index (κ2) is 8.13. The number of piperidine rings is 1. The molecule has 0 spiro atoms. The number of aromatic nitrogens is 6. The number of aromatic amines is 1. The van der Waals surface area contributed by atoms with E-state index in [2.05, 4.69) is 32.0 Å². The molecule has 3 N–H and O–H groups in total. The number of hydrogen-bond acceptors (Lipinski definition) is 6. The Balaban J connectivity index is 1.65. The van der Waals surface area contributed by atoms with E-state index in [-0.39, 0.29) is 17.6 Å². The minimum Gasteiger partial charge on any atom is -0.341 e. The predicted octanol–water partition coefficient (Wildman–Crippen LogP) is 2.03. The van der Waals surface area contributed by atoms with Crippen LogP contribution in [-0.4, -0.2) is 48.7 Å². The van der Waals surface area contributed by atoms with Gasteiger partial charge in [-0.2, -0.15) is 10.2 Å². The lowest BCUT2D eigenvalue weighted by molar-refractivity contribution is 0.495. The molecule has 0 radical (unpaired) electrons. The first-order chi connectivity index (χ1) is 15.6. The van der Waals surface area contributed by atoms with Gasteiger partial charge in [0.05, 0.1) is 30.0 Å². The van der Waals surface area contributed by atoms with Crippen molar-refractivity contribution in [3.63, 3.8) is 0 Å². The molecule has 164 valence electrons. The van der Waals surface area contributed by atoms with Gasteiger partial charge in [-0.25, -0.2) is 9.67 Å². The molecule has 0 aliphatic carbocycles. The van der Waals surface area contributed by atoms with Gasteiger partial charge in [-0.05, 0) is 32.8 Å². The van der Waals surface area contributed by atoms with E-state index in [1.54, 1.807) is 13.1 Å². The van der Waals surface area contributed by atoms with Gasteiger partial charge >= 0.3 is 0 Å². The first kappa shape index (κ1) is 20.3. The fourth-order valence-corrected chi connectivity index (χ4v) is 4.49. The molecule has 0 amide bonds. The van der Waals surface area contributed by atoms with Crippen LogP contribution in [0, 0.1) is 11.8 Å². The maximum absolute atomic E-state index is 13.7.